The Morgan fingerprint density at radius 2 is 1.95 bits per heavy atom. The van der Waals surface area contributed by atoms with E-state index in [-0.39, 0.29) is 0 Å². The molecular weight excluding hydrogens is 248 g/mol. The van der Waals surface area contributed by atoms with Crippen LogP contribution < -0.4 is 5.32 Å². The molecule has 0 amide bonds. The van der Waals surface area contributed by atoms with Gasteiger partial charge in [0.2, 0.25) is 0 Å². The van der Waals surface area contributed by atoms with Gasteiger partial charge in [-0.2, -0.15) is 0 Å². The molecule has 3 rings (SSSR count). The largest absolute Gasteiger partial charge is 0.356 e. The van der Waals surface area contributed by atoms with Gasteiger partial charge < -0.3 is 15.1 Å². The summed E-state index contributed by atoms with van der Waals surface area (Å²) in [5.74, 6) is 1.97. The fraction of sp³-hybridized carbons (Fsp3) is 0.938. The maximum Gasteiger partial charge on any atom is 0.193 e. The van der Waals surface area contributed by atoms with Crippen molar-refractivity contribution in [1.29, 1.82) is 0 Å². The smallest absolute Gasteiger partial charge is 0.193 e. The molecule has 0 aromatic rings. The standard InChI is InChI=1S/C16H30N4/c1-17-15(18-12-14-4-9-19(2)10-5-14)20-11-8-16(13-20)6-3-7-16/h14H,3-13H2,1-2H3,(H,17,18). The number of nitrogens with zero attached hydrogens (tertiary/aromatic N) is 3. The normalized spacial score (nSPS) is 27.9. The summed E-state index contributed by atoms with van der Waals surface area (Å²) in [6.07, 6.45) is 8.34. The van der Waals surface area contributed by atoms with Crippen LogP contribution in [-0.4, -0.2) is 62.6 Å². The SMILES string of the molecule is CN=C(NCC1CCN(C)CC1)N1CCC2(CCC2)C1. The molecule has 0 radical (unpaired) electrons. The van der Waals surface area contributed by atoms with Crippen LogP contribution in [0.25, 0.3) is 0 Å². The van der Waals surface area contributed by atoms with Crippen LogP contribution >= 0.6 is 0 Å². The lowest BCUT2D eigenvalue weighted by Gasteiger charge is -2.38. The molecule has 1 spiro atoms. The van der Waals surface area contributed by atoms with Crippen molar-refractivity contribution < 1.29 is 0 Å². The van der Waals surface area contributed by atoms with Crippen LogP contribution in [0.5, 0.6) is 0 Å². The van der Waals surface area contributed by atoms with Gasteiger partial charge in [-0.1, -0.05) is 6.42 Å². The third-order valence-corrected chi connectivity index (χ3v) is 5.75. The quantitative estimate of drug-likeness (QED) is 0.617. The third kappa shape index (κ3) is 2.95. The lowest BCUT2D eigenvalue weighted by molar-refractivity contribution is 0.151. The second-order valence-corrected chi connectivity index (χ2v) is 7.20. The van der Waals surface area contributed by atoms with E-state index in [4.69, 9.17) is 0 Å². The summed E-state index contributed by atoms with van der Waals surface area (Å²) in [4.78, 5) is 9.45. The number of hydrogen-bond donors (Lipinski definition) is 1. The first-order valence-electron chi connectivity index (χ1n) is 8.35. The molecule has 4 nitrogen and oxygen atoms in total. The van der Waals surface area contributed by atoms with Gasteiger partial charge in [-0.3, -0.25) is 4.99 Å². The monoisotopic (exact) mass is 278 g/mol. The molecule has 2 saturated heterocycles. The summed E-state index contributed by atoms with van der Waals surface area (Å²) >= 11 is 0. The van der Waals surface area contributed by atoms with Crippen molar-refractivity contribution >= 4 is 5.96 Å². The molecule has 0 aromatic carbocycles. The van der Waals surface area contributed by atoms with Crippen molar-refractivity contribution in [2.45, 2.75) is 38.5 Å². The van der Waals surface area contributed by atoms with Crippen LogP contribution in [-0.2, 0) is 0 Å². The highest BCUT2D eigenvalue weighted by Crippen LogP contribution is 2.47. The average Bonchev–Trinajstić information content (AvgIpc) is 2.87. The van der Waals surface area contributed by atoms with E-state index < -0.39 is 0 Å². The van der Waals surface area contributed by atoms with Gasteiger partial charge in [0.15, 0.2) is 5.96 Å². The molecule has 1 aliphatic carbocycles. The Kier molecular flexibility index (Phi) is 4.20. The summed E-state index contributed by atoms with van der Waals surface area (Å²) in [5.41, 5.74) is 0.658. The van der Waals surface area contributed by atoms with Crippen LogP contribution in [0.2, 0.25) is 0 Å². The molecule has 3 fully saturated rings. The van der Waals surface area contributed by atoms with E-state index in [2.05, 4.69) is 27.2 Å². The minimum absolute atomic E-state index is 0.658. The van der Waals surface area contributed by atoms with Crippen molar-refractivity contribution in [3.05, 3.63) is 0 Å². The molecule has 2 heterocycles. The Morgan fingerprint density at radius 3 is 2.50 bits per heavy atom. The summed E-state index contributed by atoms with van der Waals surface area (Å²) < 4.78 is 0. The Labute approximate surface area is 123 Å². The summed E-state index contributed by atoms with van der Waals surface area (Å²) in [5, 5.41) is 3.64. The van der Waals surface area contributed by atoms with Gasteiger partial charge in [-0.25, -0.2) is 0 Å². The van der Waals surface area contributed by atoms with Crippen LogP contribution in [0.15, 0.2) is 4.99 Å². The van der Waals surface area contributed by atoms with E-state index in [0.717, 1.165) is 18.4 Å². The lowest BCUT2D eigenvalue weighted by Crippen LogP contribution is -2.45. The molecule has 2 aliphatic heterocycles. The van der Waals surface area contributed by atoms with Crippen molar-refractivity contribution in [2.24, 2.45) is 16.3 Å². The van der Waals surface area contributed by atoms with Gasteiger partial charge in [0.05, 0.1) is 0 Å². The topological polar surface area (TPSA) is 30.9 Å². The minimum Gasteiger partial charge on any atom is -0.356 e. The van der Waals surface area contributed by atoms with Gasteiger partial charge in [0.25, 0.3) is 0 Å². The highest BCUT2D eigenvalue weighted by Gasteiger charge is 2.43. The van der Waals surface area contributed by atoms with E-state index in [1.807, 2.05) is 7.05 Å². The zero-order valence-electron chi connectivity index (χ0n) is 13.2. The Hall–Kier alpha value is -0.770. The average molecular weight is 278 g/mol. The van der Waals surface area contributed by atoms with Gasteiger partial charge in [-0.15, -0.1) is 0 Å². The fourth-order valence-electron chi connectivity index (χ4n) is 4.03. The van der Waals surface area contributed by atoms with Gasteiger partial charge in [-0.05, 0) is 63.6 Å². The predicted octanol–water partition coefficient (Wildman–Crippen LogP) is 1.78. The Balaban J connectivity index is 1.46. The number of likely N-dealkylation sites (tertiary alicyclic amines) is 2. The fourth-order valence-corrected chi connectivity index (χ4v) is 4.03. The Bertz CT molecular complexity index is 353. The van der Waals surface area contributed by atoms with Crippen molar-refractivity contribution in [3.63, 3.8) is 0 Å². The number of piperidine rings is 1. The molecule has 0 aromatic heterocycles. The second kappa shape index (κ2) is 5.92. The molecule has 1 saturated carbocycles. The summed E-state index contributed by atoms with van der Waals surface area (Å²) in [7, 11) is 4.16. The van der Waals surface area contributed by atoms with Gasteiger partial charge in [0, 0.05) is 26.7 Å². The molecule has 0 unspecified atom stereocenters. The van der Waals surface area contributed by atoms with Gasteiger partial charge in [0.1, 0.15) is 0 Å². The van der Waals surface area contributed by atoms with E-state index in [9.17, 15) is 0 Å². The van der Waals surface area contributed by atoms with Crippen molar-refractivity contribution in [1.82, 2.24) is 15.1 Å². The summed E-state index contributed by atoms with van der Waals surface area (Å²) in [6.45, 7) is 6.03. The maximum absolute atomic E-state index is 4.51. The van der Waals surface area contributed by atoms with Crippen molar-refractivity contribution in [2.75, 3.05) is 46.8 Å². The zero-order chi connectivity index (χ0) is 14.0. The molecule has 0 atom stereocenters. The molecule has 3 aliphatic rings. The number of nitrogens with one attached hydrogen (secondary N) is 1. The highest BCUT2D eigenvalue weighted by molar-refractivity contribution is 5.80. The number of hydrogen-bond acceptors (Lipinski definition) is 2. The minimum atomic E-state index is 0.658. The second-order valence-electron chi connectivity index (χ2n) is 7.20. The number of guanidine groups is 1. The van der Waals surface area contributed by atoms with Crippen LogP contribution in [0, 0.1) is 11.3 Å². The first-order valence-corrected chi connectivity index (χ1v) is 8.35. The van der Waals surface area contributed by atoms with E-state index >= 15 is 0 Å². The molecule has 1 N–H and O–H groups in total. The predicted molar refractivity (Wildman–Crippen MR) is 84.1 cm³/mol. The molecule has 4 heteroatoms. The molecule has 20 heavy (non-hydrogen) atoms. The number of aliphatic imine (C=N–C) groups is 1. The first-order chi connectivity index (χ1) is 9.71. The van der Waals surface area contributed by atoms with Crippen LogP contribution in [0.4, 0.5) is 0 Å². The third-order valence-electron chi connectivity index (χ3n) is 5.75. The Morgan fingerprint density at radius 1 is 1.20 bits per heavy atom. The molecule has 0 bridgehead atoms. The van der Waals surface area contributed by atoms with Crippen molar-refractivity contribution in [3.8, 4) is 0 Å². The van der Waals surface area contributed by atoms with Gasteiger partial charge >= 0.3 is 0 Å². The highest BCUT2D eigenvalue weighted by atomic mass is 15.3. The van der Waals surface area contributed by atoms with E-state index in [0.29, 0.717) is 5.41 Å². The maximum atomic E-state index is 4.51. The van der Waals surface area contributed by atoms with E-state index in [1.54, 1.807) is 0 Å². The van der Waals surface area contributed by atoms with Crippen LogP contribution in [0.1, 0.15) is 38.5 Å². The number of rotatable bonds is 2. The van der Waals surface area contributed by atoms with Crippen LogP contribution in [0.3, 0.4) is 0 Å². The zero-order valence-corrected chi connectivity index (χ0v) is 13.2. The summed E-state index contributed by atoms with van der Waals surface area (Å²) in [6, 6.07) is 0. The molecule has 114 valence electrons. The first kappa shape index (κ1) is 14.2. The lowest BCUT2D eigenvalue weighted by atomic mass is 9.68. The molecular formula is C16H30N4. The van der Waals surface area contributed by atoms with E-state index in [1.165, 1.54) is 64.7 Å².